The maximum atomic E-state index is 13.4. The molecule has 2 N–H and O–H groups in total. The van der Waals surface area contributed by atoms with E-state index in [1.54, 1.807) is 37.3 Å². The summed E-state index contributed by atoms with van der Waals surface area (Å²) >= 11 is 1.45. The number of phenolic OH excluding ortho intramolecular Hbond substituents is 1. The van der Waals surface area contributed by atoms with Gasteiger partial charge in [-0.05, 0) is 48.2 Å². The standard InChI is InChI=1S/C26H25NO7S/c1-4-34-20-13-15(10-11-17(20)28)23-22(24(29)21-18(32-2)8-5-9-19(21)33-3)25(30)26(31)27(23)14-16-7-6-12-35-16/h5-13,23,28-29H,4,14H2,1-3H3/b24-22+. The molecule has 3 aromatic rings. The number of carbonyl (C=O) groups excluding carboxylic acids is 2. The van der Waals surface area contributed by atoms with Gasteiger partial charge in [-0.1, -0.05) is 18.2 Å². The topological polar surface area (TPSA) is 106 Å². The number of benzene rings is 2. The van der Waals surface area contributed by atoms with Gasteiger partial charge in [-0.3, -0.25) is 9.59 Å². The molecule has 9 heteroatoms. The molecule has 0 radical (unpaired) electrons. The molecule has 1 aliphatic heterocycles. The lowest BCUT2D eigenvalue weighted by Crippen LogP contribution is -2.28. The van der Waals surface area contributed by atoms with Crippen LogP contribution < -0.4 is 14.2 Å². The van der Waals surface area contributed by atoms with Gasteiger partial charge in [-0.25, -0.2) is 0 Å². The van der Waals surface area contributed by atoms with E-state index < -0.39 is 23.5 Å². The predicted octanol–water partition coefficient (Wildman–Crippen LogP) is 4.49. The van der Waals surface area contributed by atoms with Crippen molar-refractivity contribution < 1.29 is 34.0 Å². The van der Waals surface area contributed by atoms with Gasteiger partial charge in [0, 0.05) is 4.88 Å². The second kappa shape index (κ2) is 10.1. The second-order valence-corrected chi connectivity index (χ2v) is 8.74. The summed E-state index contributed by atoms with van der Waals surface area (Å²) in [7, 11) is 2.87. The van der Waals surface area contributed by atoms with Crippen LogP contribution in [0.15, 0.2) is 59.5 Å². The number of phenols is 1. The number of Topliss-reactive ketones (excluding diaryl/α,β-unsaturated/α-hetero) is 1. The molecule has 0 bridgehead atoms. The highest BCUT2D eigenvalue weighted by Crippen LogP contribution is 2.45. The minimum absolute atomic E-state index is 0.0720. The molecule has 0 aliphatic carbocycles. The van der Waals surface area contributed by atoms with Crippen molar-refractivity contribution in [1.82, 2.24) is 4.90 Å². The average molecular weight is 496 g/mol. The Bertz CT molecular complexity index is 1260. The molecule has 1 unspecified atom stereocenters. The van der Waals surface area contributed by atoms with Crippen LogP contribution in [-0.4, -0.2) is 47.6 Å². The van der Waals surface area contributed by atoms with Crippen molar-refractivity contribution in [1.29, 1.82) is 0 Å². The minimum Gasteiger partial charge on any atom is -0.506 e. The number of aromatic hydroxyl groups is 1. The smallest absolute Gasteiger partial charge is 0.295 e. The molecule has 35 heavy (non-hydrogen) atoms. The van der Waals surface area contributed by atoms with E-state index in [-0.39, 0.29) is 40.7 Å². The molecule has 1 aromatic heterocycles. The van der Waals surface area contributed by atoms with Crippen molar-refractivity contribution in [3.8, 4) is 23.0 Å². The molecule has 1 saturated heterocycles. The summed E-state index contributed by atoms with van der Waals surface area (Å²) in [6.45, 7) is 2.26. The number of hydrogen-bond donors (Lipinski definition) is 2. The predicted molar refractivity (Wildman–Crippen MR) is 131 cm³/mol. The molecule has 2 heterocycles. The van der Waals surface area contributed by atoms with E-state index in [4.69, 9.17) is 14.2 Å². The first-order valence-corrected chi connectivity index (χ1v) is 11.8. The average Bonchev–Trinajstić information content (AvgIpc) is 3.47. The maximum Gasteiger partial charge on any atom is 0.295 e. The van der Waals surface area contributed by atoms with Crippen molar-refractivity contribution in [3.05, 3.63) is 75.5 Å². The van der Waals surface area contributed by atoms with E-state index in [1.165, 1.54) is 36.5 Å². The van der Waals surface area contributed by atoms with E-state index in [1.807, 2.05) is 17.5 Å². The Hall–Kier alpha value is -3.98. The molecule has 8 nitrogen and oxygen atoms in total. The molecule has 1 aliphatic rings. The van der Waals surface area contributed by atoms with Crippen molar-refractivity contribution in [2.24, 2.45) is 0 Å². The van der Waals surface area contributed by atoms with Crippen LogP contribution in [0, 0.1) is 0 Å². The van der Waals surface area contributed by atoms with E-state index in [9.17, 15) is 19.8 Å². The van der Waals surface area contributed by atoms with Crippen LogP contribution in [0.1, 0.15) is 29.0 Å². The first-order valence-electron chi connectivity index (χ1n) is 10.9. The van der Waals surface area contributed by atoms with Crippen LogP contribution in [0.5, 0.6) is 23.0 Å². The number of rotatable bonds is 8. The first kappa shape index (κ1) is 24.2. The van der Waals surface area contributed by atoms with E-state index >= 15 is 0 Å². The highest BCUT2D eigenvalue weighted by atomic mass is 32.1. The van der Waals surface area contributed by atoms with Crippen LogP contribution in [0.25, 0.3) is 5.76 Å². The van der Waals surface area contributed by atoms with Crippen LogP contribution in [0.4, 0.5) is 0 Å². The Morgan fingerprint density at radius 3 is 2.34 bits per heavy atom. The molecule has 0 saturated carbocycles. The second-order valence-electron chi connectivity index (χ2n) is 7.70. The molecule has 2 aromatic carbocycles. The van der Waals surface area contributed by atoms with Gasteiger partial charge in [0.15, 0.2) is 11.5 Å². The van der Waals surface area contributed by atoms with Crippen LogP contribution in [0.3, 0.4) is 0 Å². The van der Waals surface area contributed by atoms with Gasteiger partial charge in [0.05, 0.1) is 39.0 Å². The number of aliphatic hydroxyl groups excluding tert-OH is 1. The lowest BCUT2D eigenvalue weighted by atomic mass is 9.94. The van der Waals surface area contributed by atoms with Gasteiger partial charge in [-0.2, -0.15) is 0 Å². The minimum atomic E-state index is -0.938. The number of carbonyl (C=O) groups is 2. The Labute approximate surface area is 206 Å². The number of likely N-dealkylation sites (tertiary alicyclic amines) is 1. The fraction of sp³-hybridized carbons (Fsp3) is 0.231. The fourth-order valence-corrected chi connectivity index (χ4v) is 4.85. The van der Waals surface area contributed by atoms with E-state index in [0.29, 0.717) is 12.2 Å². The van der Waals surface area contributed by atoms with Gasteiger partial charge in [0.25, 0.3) is 11.7 Å². The molecule has 1 fully saturated rings. The van der Waals surface area contributed by atoms with Crippen molar-refractivity contribution in [3.63, 3.8) is 0 Å². The van der Waals surface area contributed by atoms with Gasteiger partial charge in [-0.15, -0.1) is 11.3 Å². The number of methoxy groups -OCH3 is 2. The third-order valence-corrected chi connectivity index (χ3v) is 6.57. The maximum absolute atomic E-state index is 13.4. The zero-order valence-electron chi connectivity index (χ0n) is 19.5. The third kappa shape index (κ3) is 4.42. The monoisotopic (exact) mass is 495 g/mol. The molecule has 1 amide bonds. The van der Waals surface area contributed by atoms with Crippen molar-refractivity contribution >= 4 is 28.8 Å². The lowest BCUT2D eigenvalue weighted by Gasteiger charge is -2.25. The molecule has 0 spiro atoms. The number of ether oxygens (including phenoxy) is 3. The SMILES string of the molecule is CCOc1cc(C2/C(=C(\O)c3c(OC)cccc3OC)C(=O)C(=O)N2Cc2cccs2)ccc1O. The first-order chi connectivity index (χ1) is 16.9. The third-order valence-electron chi connectivity index (χ3n) is 5.71. The normalized spacial score (nSPS) is 17.0. The van der Waals surface area contributed by atoms with Crippen molar-refractivity contribution in [2.45, 2.75) is 19.5 Å². The quantitative estimate of drug-likeness (QED) is 0.269. The summed E-state index contributed by atoms with van der Waals surface area (Å²) in [4.78, 5) is 28.9. The summed E-state index contributed by atoms with van der Waals surface area (Å²) in [5.41, 5.74) is 0.556. The molecule has 1 atom stereocenters. The zero-order valence-corrected chi connectivity index (χ0v) is 20.3. The highest BCUT2D eigenvalue weighted by Gasteiger charge is 2.47. The zero-order chi connectivity index (χ0) is 25.1. The Morgan fingerprint density at radius 2 is 1.74 bits per heavy atom. The summed E-state index contributed by atoms with van der Waals surface area (Å²) in [5, 5.41) is 23.6. The van der Waals surface area contributed by atoms with Crippen LogP contribution in [-0.2, 0) is 16.1 Å². The van der Waals surface area contributed by atoms with Gasteiger partial charge in [0.1, 0.15) is 22.8 Å². The fourth-order valence-electron chi connectivity index (χ4n) is 4.15. The molecule has 182 valence electrons. The number of hydrogen-bond acceptors (Lipinski definition) is 8. The lowest BCUT2D eigenvalue weighted by molar-refractivity contribution is -0.140. The van der Waals surface area contributed by atoms with Crippen LogP contribution >= 0.6 is 11.3 Å². The van der Waals surface area contributed by atoms with E-state index in [0.717, 1.165) is 4.88 Å². The highest BCUT2D eigenvalue weighted by molar-refractivity contribution is 7.09. The Balaban J connectivity index is 1.96. The summed E-state index contributed by atoms with van der Waals surface area (Å²) < 4.78 is 16.4. The number of thiophene rings is 1. The number of amides is 1. The van der Waals surface area contributed by atoms with Gasteiger partial charge >= 0.3 is 0 Å². The molecular weight excluding hydrogens is 470 g/mol. The number of nitrogens with zero attached hydrogens (tertiary/aromatic N) is 1. The molecule has 4 rings (SSSR count). The largest absolute Gasteiger partial charge is 0.506 e. The van der Waals surface area contributed by atoms with Gasteiger partial charge in [0.2, 0.25) is 0 Å². The molecular formula is C26H25NO7S. The van der Waals surface area contributed by atoms with Gasteiger partial charge < -0.3 is 29.3 Å². The Morgan fingerprint density at radius 1 is 1.03 bits per heavy atom. The summed E-state index contributed by atoms with van der Waals surface area (Å²) in [6.07, 6.45) is 0. The number of aliphatic hydroxyl groups is 1. The number of ketones is 1. The summed E-state index contributed by atoms with van der Waals surface area (Å²) in [6, 6.07) is 12.3. The van der Waals surface area contributed by atoms with E-state index in [2.05, 4.69) is 0 Å². The summed E-state index contributed by atoms with van der Waals surface area (Å²) in [5.74, 6) is -1.29. The van der Waals surface area contributed by atoms with Crippen LogP contribution in [0.2, 0.25) is 0 Å². The Kier molecular flexibility index (Phi) is 6.97. The van der Waals surface area contributed by atoms with Crippen molar-refractivity contribution in [2.75, 3.05) is 20.8 Å².